The van der Waals surface area contributed by atoms with Gasteiger partial charge >= 0.3 is 5.97 Å². The third-order valence-corrected chi connectivity index (χ3v) is 5.39. The van der Waals surface area contributed by atoms with E-state index in [4.69, 9.17) is 16.3 Å². The van der Waals surface area contributed by atoms with Crippen molar-refractivity contribution in [1.29, 1.82) is 0 Å². The Kier molecular flexibility index (Phi) is 7.99. The maximum Gasteiger partial charge on any atom is 0.306 e. The van der Waals surface area contributed by atoms with Crippen molar-refractivity contribution in [3.63, 3.8) is 0 Å². The van der Waals surface area contributed by atoms with Gasteiger partial charge in [0, 0.05) is 17.8 Å². The first-order valence-corrected chi connectivity index (χ1v) is 10.4. The quantitative estimate of drug-likeness (QED) is 0.488. The number of nitrogens with zero attached hydrogens (tertiary/aromatic N) is 3. The lowest BCUT2D eigenvalue weighted by Crippen LogP contribution is -2.12. The molecule has 0 aliphatic heterocycles. The lowest BCUT2D eigenvalue weighted by Gasteiger charge is -2.18. The number of ether oxygens (including phenoxy) is 1. The van der Waals surface area contributed by atoms with E-state index in [-0.39, 0.29) is 31.5 Å². The van der Waals surface area contributed by atoms with Gasteiger partial charge in [-0.25, -0.2) is 0 Å². The predicted molar refractivity (Wildman–Crippen MR) is 115 cm³/mol. The van der Waals surface area contributed by atoms with E-state index in [1.54, 1.807) is 10.7 Å². The maximum atomic E-state index is 12.6. The molecule has 0 amide bonds. The van der Waals surface area contributed by atoms with Gasteiger partial charge in [-0.1, -0.05) is 59.3 Å². The van der Waals surface area contributed by atoms with E-state index in [0.29, 0.717) is 23.4 Å². The fraction of sp³-hybridized carbons (Fsp3) is 0.348. The molecule has 1 heterocycles. The summed E-state index contributed by atoms with van der Waals surface area (Å²) in [5.74, 6) is -0.343. The number of aliphatic hydroxyl groups excluding tert-OH is 1. The highest BCUT2D eigenvalue weighted by Gasteiger charge is 2.19. The summed E-state index contributed by atoms with van der Waals surface area (Å²) in [5, 5.41) is 18.3. The molecule has 0 aliphatic rings. The summed E-state index contributed by atoms with van der Waals surface area (Å²) in [7, 11) is 0. The molecule has 30 heavy (non-hydrogen) atoms. The Hall–Kier alpha value is -2.70. The van der Waals surface area contributed by atoms with Crippen LogP contribution in [0.5, 0.6) is 0 Å². The summed E-state index contributed by atoms with van der Waals surface area (Å²) < 4.78 is 7.27. The molecule has 1 aromatic heterocycles. The third-order valence-electron chi connectivity index (χ3n) is 5.03. The van der Waals surface area contributed by atoms with Crippen molar-refractivity contribution in [2.75, 3.05) is 0 Å². The van der Waals surface area contributed by atoms with Crippen LogP contribution in [-0.2, 0) is 35.7 Å². The number of esters is 1. The summed E-state index contributed by atoms with van der Waals surface area (Å²) in [6.45, 7) is 2.87. The number of carbonyl (C=O) groups excluding carboxylic acids is 1. The molecule has 158 valence electrons. The summed E-state index contributed by atoms with van der Waals surface area (Å²) in [6, 6.07) is 15.1. The van der Waals surface area contributed by atoms with E-state index >= 15 is 0 Å². The molecule has 0 bridgehead atoms. The zero-order valence-corrected chi connectivity index (χ0v) is 17.8. The van der Waals surface area contributed by atoms with Crippen LogP contribution in [0.3, 0.4) is 0 Å². The first-order chi connectivity index (χ1) is 14.6. The molecule has 1 N–H and O–H groups in total. The first-order valence-electron chi connectivity index (χ1n) is 10.1. The molecule has 6 nitrogen and oxygen atoms in total. The first kappa shape index (κ1) is 22.0. The van der Waals surface area contributed by atoms with Gasteiger partial charge in [0.2, 0.25) is 0 Å². The van der Waals surface area contributed by atoms with Crippen LogP contribution in [0.25, 0.3) is 0 Å². The second-order valence-corrected chi connectivity index (χ2v) is 7.57. The number of hydrogen-bond donors (Lipinski definition) is 1. The van der Waals surface area contributed by atoms with Gasteiger partial charge in [0.25, 0.3) is 0 Å². The average molecular weight is 428 g/mol. The zero-order valence-electron chi connectivity index (χ0n) is 17.0. The van der Waals surface area contributed by atoms with Gasteiger partial charge in [-0.05, 0) is 48.4 Å². The molecule has 1 unspecified atom stereocenters. The van der Waals surface area contributed by atoms with Crippen LogP contribution < -0.4 is 0 Å². The molecule has 0 spiro atoms. The lowest BCUT2D eigenvalue weighted by atomic mass is 9.89. The van der Waals surface area contributed by atoms with Gasteiger partial charge in [0.15, 0.2) is 0 Å². The summed E-state index contributed by atoms with van der Waals surface area (Å²) >= 11 is 6.14. The van der Waals surface area contributed by atoms with Crippen molar-refractivity contribution in [1.82, 2.24) is 15.0 Å². The lowest BCUT2D eigenvalue weighted by molar-refractivity contribution is -0.145. The number of aryl methyl sites for hydroxylation is 2. The van der Waals surface area contributed by atoms with E-state index < -0.39 is 0 Å². The molecule has 0 fully saturated rings. The second-order valence-electron chi connectivity index (χ2n) is 7.16. The number of aliphatic hydroxyl groups is 1. The minimum atomic E-state index is -0.262. The zero-order chi connectivity index (χ0) is 21.3. The number of rotatable bonds is 10. The van der Waals surface area contributed by atoms with Crippen molar-refractivity contribution >= 4 is 17.6 Å². The highest BCUT2D eigenvalue weighted by atomic mass is 35.5. The fourth-order valence-corrected chi connectivity index (χ4v) is 3.46. The summed E-state index contributed by atoms with van der Waals surface area (Å²) in [4.78, 5) is 12.6. The van der Waals surface area contributed by atoms with Crippen molar-refractivity contribution in [3.05, 3.63) is 82.1 Å². The topological polar surface area (TPSA) is 77.2 Å². The predicted octanol–water partition coefficient (Wildman–Crippen LogP) is 4.29. The van der Waals surface area contributed by atoms with Gasteiger partial charge in [0.1, 0.15) is 6.61 Å². The van der Waals surface area contributed by atoms with Crippen LogP contribution in [0.1, 0.15) is 48.1 Å². The molecular formula is C23H26ClN3O3. The van der Waals surface area contributed by atoms with Crippen molar-refractivity contribution in [3.8, 4) is 0 Å². The Morgan fingerprint density at radius 2 is 2.03 bits per heavy atom. The van der Waals surface area contributed by atoms with E-state index in [2.05, 4.69) is 10.3 Å². The van der Waals surface area contributed by atoms with Crippen molar-refractivity contribution in [2.24, 2.45) is 0 Å². The van der Waals surface area contributed by atoms with Gasteiger partial charge in [-0.15, -0.1) is 5.10 Å². The number of hydrogen-bond acceptors (Lipinski definition) is 5. The minimum absolute atomic E-state index is 0.0809. The highest BCUT2D eigenvalue weighted by molar-refractivity contribution is 6.31. The summed E-state index contributed by atoms with van der Waals surface area (Å²) in [5.41, 5.74) is 3.43. The normalized spacial score (nSPS) is 12.0. The number of benzene rings is 2. The van der Waals surface area contributed by atoms with E-state index in [1.165, 1.54) is 0 Å². The second kappa shape index (κ2) is 10.9. The molecule has 0 saturated heterocycles. The van der Waals surface area contributed by atoms with E-state index in [9.17, 15) is 9.90 Å². The van der Waals surface area contributed by atoms with Crippen LogP contribution in [0.15, 0.2) is 54.7 Å². The number of halogens is 1. The van der Waals surface area contributed by atoms with Gasteiger partial charge < -0.3 is 9.84 Å². The van der Waals surface area contributed by atoms with Crippen molar-refractivity contribution in [2.45, 2.75) is 51.9 Å². The summed E-state index contributed by atoms with van der Waals surface area (Å²) in [6.07, 6.45) is 3.55. The Morgan fingerprint density at radius 1 is 1.23 bits per heavy atom. The maximum absolute atomic E-state index is 12.6. The molecule has 7 heteroatoms. The average Bonchev–Trinajstić information content (AvgIpc) is 3.24. The molecule has 3 aromatic rings. The molecule has 2 aromatic carbocycles. The van der Waals surface area contributed by atoms with Gasteiger partial charge in [0.05, 0.1) is 18.7 Å². The smallest absolute Gasteiger partial charge is 0.306 e. The van der Waals surface area contributed by atoms with Crippen molar-refractivity contribution < 1.29 is 14.6 Å². The molecule has 0 radical (unpaired) electrons. The van der Waals surface area contributed by atoms with Crippen LogP contribution in [-0.4, -0.2) is 26.1 Å². The third kappa shape index (κ3) is 6.15. The standard InChI is InChI=1S/C23H26ClN3O3/c1-2-27-14-21(25-26-27)10-8-19(18-9-11-22(24)20(12-18)15-28)13-23(29)30-16-17-6-4-3-5-7-17/h3-7,9,11-12,14,19,28H,2,8,10,13,15-16H2,1H3. The molecule has 3 rings (SSSR count). The highest BCUT2D eigenvalue weighted by Crippen LogP contribution is 2.29. The Labute approximate surface area is 181 Å². The van der Waals surface area contributed by atoms with Crippen LogP contribution >= 0.6 is 11.6 Å². The van der Waals surface area contributed by atoms with Crippen LogP contribution in [0.2, 0.25) is 5.02 Å². The number of carbonyl (C=O) groups is 1. The molecule has 1 atom stereocenters. The van der Waals surface area contributed by atoms with Gasteiger partial charge in [-0.3, -0.25) is 9.48 Å². The Balaban J connectivity index is 1.70. The molecule has 0 saturated carbocycles. The Bertz CT molecular complexity index is 959. The van der Waals surface area contributed by atoms with E-state index in [1.807, 2.05) is 55.6 Å². The SMILES string of the molecule is CCn1cc(CCC(CC(=O)OCc2ccccc2)c2ccc(Cl)c(CO)c2)nn1. The largest absolute Gasteiger partial charge is 0.461 e. The molecule has 0 aliphatic carbocycles. The fourth-order valence-electron chi connectivity index (χ4n) is 3.28. The number of aromatic nitrogens is 3. The van der Waals surface area contributed by atoms with Crippen LogP contribution in [0, 0.1) is 0 Å². The van der Waals surface area contributed by atoms with Gasteiger partial charge in [-0.2, -0.15) is 0 Å². The monoisotopic (exact) mass is 427 g/mol. The minimum Gasteiger partial charge on any atom is -0.461 e. The Morgan fingerprint density at radius 3 is 2.73 bits per heavy atom. The van der Waals surface area contributed by atoms with Crippen LogP contribution in [0.4, 0.5) is 0 Å². The van der Waals surface area contributed by atoms with E-state index in [0.717, 1.165) is 23.4 Å². The molecular weight excluding hydrogens is 402 g/mol.